The van der Waals surface area contributed by atoms with Gasteiger partial charge in [-0.2, -0.15) is 5.26 Å². The Morgan fingerprint density at radius 1 is 1.25 bits per heavy atom. The van der Waals surface area contributed by atoms with Crippen molar-refractivity contribution < 1.29 is 9.53 Å². The monoisotopic (exact) mass is 331 g/mol. The van der Waals surface area contributed by atoms with E-state index in [1.807, 2.05) is 11.0 Å². The van der Waals surface area contributed by atoms with Gasteiger partial charge in [0, 0.05) is 13.1 Å². The van der Waals surface area contributed by atoms with Gasteiger partial charge in [-0.3, -0.25) is 4.79 Å². The van der Waals surface area contributed by atoms with E-state index >= 15 is 0 Å². The molecule has 1 aromatic heterocycles. The number of carbonyl (C=O) groups excluding carboxylic acids is 1. The second kappa shape index (κ2) is 7.75. The molecule has 2 heterocycles. The summed E-state index contributed by atoms with van der Waals surface area (Å²) in [5.74, 6) is 0.952. The first-order chi connectivity index (χ1) is 11.6. The van der Waals surface area contributed by atoms with Crippen molar-refractivity contribution in [1.82, 2.24) is 19.7 Å². The van der Waals surface area contributed by atoms with Crippen LogP contribution < -0.4 is 0 Å². The zero-order valence-corrected chi connectivity index (χ0v) is 14.2. The van der Waals surface area contributed by atoms with Gasteiger partial charge in [0.1, 0.15) is 18.9 Å². The summed E-state index contributed by atoms with van der Waals surface area (Å²) < 4.78 is 7.67. The van der Waals surface area contributed by atoms with Crippen molar-refractivity contribution in [3.8, 4) is 6.07 Å². The first kappa shape index (κ1) is 16.9. The molecule has 0 atom stereocenters. The molecule has 0 N–H and O–H groups in total. The number of nitriles is 1. The van der Waals surface area contributed by atoms with Crippen molar-refractivity contribution in [2.75, 3.05) is 13.1 Å². The van der Waals surface area contributed by atoms with Gasteiger partial charge >= 0.3 is 0 Å². The highest BCUT2D eigenvalue weighted by molar-refractivity contribution is 5.75. The van der Waals surface area contributed by atoms with Gasteiger partial charge in [0.05, 0.1) is 12.2 Å². The lowest BCUT2D eigenvalue weighted by Crippen LogP contribution is -2.43. The number of nitrogens with zero attached hydrogens (tertiary/aromatic N) is 5. The molecule has 24 heavy (non-hydrogen) atoms. The lowest BCUT2D eigenvalue weighted by atomic mass is 9.88. The van der Waals surface area contributed by atoms with E-state index in [9.17, 15) is 4.79 Å². The van der Waals surface area contributed by atoms with Crippen LogP contribution in [0, 0.1) is 17.2 Å². The summed E-state index contributed by atoms with van der Waals surface area (Å²) >= 11 is 0. The average molecular weight is 331 g/mol. The first-order valence-electron chi connectivity index (χ1n) is 8.87. The standard InChI is InChI=1S/C17H25N5O2/c1-13-2-4-14(5-3-13)24-15-6-8-21(9-7-15)17(23)11-22-12-19-16(10-18)20-22/h12-15H,2-9,11H2,1H3. The molecule has 0 unspecified atom stereocenters. The molecule has 1 aliphatic carbocycles. The van der Waals surface area contributed by atoms with Crippen molar-refractivity contribution >= 4 is 5.91 Å². The molecule has 1 aliphatic heterocycles. The minimum atomic E-state index is 0.0225. The Labute approximate surface area is 142 Å². The van der Waals surface area contributed by atoms with Crippen molar-refractivity contribution in [2.24, 2.45) is 5.92 Å². The Kier molecular flexibility index (Phi) is 5.46. The smallest absolute Gasteiger partial charge is 0.252 e. The van der Waals surface area contributed by atoms with Crippen LogP contribution >= 0.6 is 0 Å². The molecule has 1 saturated carbocycles. The molecule has 7 nitrogen and oxygen atoms in total. The molecule has 2 fully saturated rings. The van der Waals surface area contributed by atoms with Gasteiger partial charge in [-0.15, -0.1) is 5.10 Å². The Balaban J connectivity index is 1.41. The van der Waals surface area contributed by atoms with Gasteiger partial charge in [0.25, 0.3) is 5.82 Å². The van der Waals surface area contributed by atoms with E-state index in [2.05, 4.69) is 17.0 Å². The molecule has 0 aromatic carbocycles. The summed E-state index contributed by atoms with van der Waals surface area (Å²) in [4.78, 5) is 18.0. The molecule has 2 aliphatic rings. The van der Waals surface area contributed by atoms with Crippen LogP contribution in [0.1, 0.15) is 51.3 Å². The largest absolute Gasteiger partial charge is 0.375 e. The van der Waals surface area contributed by atoms with E-state index in [4.69, 9.17) is 10.00 Å². The maximum atomic E-state index is 12.3. The maximum absolute atomic E-state index is 12.3. The second-order valence-corrected chi connectivity index (χ2v) is 6.98. The van der Waals surface area contributed by atoms with E-state index in [-0.39, 0.29) is 24.4 Å². The highest BCUT2D eigenvalue weighted by Crippen LogP contribution is 2.28. The number of ether oxygens (including phenoxy) is 1. The predicted octanol–water partition coefficient (Wildman–Crippen LogP) is 1.74. The number of aromatic nitrogens is 3. The number of carbonyl (C=O) groups is 1. The van der Waals surface area contributed by atoms with E-state index in [0.29, 0.717) is 6.10 Å². The van der Waals surface area contributed by atoms with Crippen LogP contribution in [0.4, 0.5) is 0 Å². The van der Waals surface area contributed by atoms with Crippen LogP contribution in [0.25, 0.3) is 0 Å². The molecular weight excluding hydrogens is 306 g/mol. The Bertz CT molecular complexity index is 592. The van der Waals surface area contributed by atoms with Gasteiger partial charge in [0.15, 0.2) is 0 Å². The zero-order chi connectivity index (χ0) is 16.9. The summed E-state index contributed by atoms with van der Waals surface area (Å²) in [5.41, 5.74) is 0. The maximum Gasteiger partial charge on any atom is 0.252 e. The topological polar surface area (TPSA) is 84.0 Å². The van der Waals surface area contributed by atoms with Gasteiger partial charge in [0.2, 0.25) is 5.91 Å². The van der Waals surface area contributed by atoms with Gasteiger partial charge in [-0.05, 0) is 44.4 Å². The fraction of sp³-hybridized carbons (Fsp3) is 0.765. The third-order valence-corrected chi connectivity index (χ3v) is 5.08. The van der Waals surface area contributed by atoms with Crippen LogP contribution in [0.3, 0.4) is 0 Å². The summed E-state index contributed by atoms with van der Waals surface area (Å²) in [6, 6.07) is 1.86. The van der Waals surface area contributed by atoms with Crippen LogP contribution in [0.5, 0.6) is 0 Å². The summed E-state index contributed by atoms with van der Waals surface area (Å²) in [6.45, 7) is 3.91. The number of hydrogen-bond donors (Lipinski definition) is 0. The zero-order valence-electron chi connectivity index (χ0n) is 14.2. The lowest BCUT2D eigenvalue weighted by Gasteiger charge is -2.35. The van der Waals surface area contributed by atoms with E-state index < -0.39 is 0 Å². The lowest BCUT2D eigenvalue weighted by molar-refractivity contribution is -0.136. The molecule has 130 valence electrons. The molecule has 1 saturated heterocycles. The second-order valence-electron chi connectivity index (χ2n) is 6.98. The van der Waals surface area contributed by atoms with Gasteiger partial charge in [-0.25, -0.2) is 9.67 Å². The van der Waals surface area contributed by atoms with E-state index in [1.165, 1.54) is 36.7 Å². The number of rotatable bonds is 4. The minimum Gasteiger partial charge on any atom is -0.375 e. The minimum absolute atomic E-state index is 0.0225. The Morgan fingerprint density at radius 3 is 2.54 bits per heavy atom. The SMILES string of the molecule is CC1CCC(OC2CCN(C(=O)Cn3cnc(C#N)n3)CC2)CC1. The molecule has 0 radical (unpaired) electrons. The van der Waals surface area contributed by atoms with Gasteiger partial charge in [-0.1, -0.05) is 6.92 Å². The van der Waals surface area contributed by atoms with Crippen molar-refractivity contribution in [1.29, 1.82) is 5.26 Å². The molecule has 1 amide bonds. The van der Waals surface area contributed by atoms with Crippen molar-refractivity contribution in [3.63, 3.8) is 0 Å². The predicted molar refractivity (Wildman–Crippen MR) is 86.8 cm³/mol. The Hall–Kier alpha value is -1.94. The first-order valence-corrected chi connectivity index (χ1v) is 8.87. The van der Waals surface area contributed by atoms with E-state index in [0.717, 1.165) is 31.8 Å². The summed E-state index contributed by atoms with van der Waals surface area (Å²) in [7, 11) is 0. The van der Waals surface area contributed by atoms with Crippen LogP contribution in [0.15, 0.2) is 6.33 Å². The Morgan fingerprint density at radius 2 is 1.92 bits per heavy atom. The molecular formula is C17H25N5O2. The number of likely N-dealkylation sites (tertiary alicyclic amines) is 1. The number of hydrogen-bond acceptors (Lipinski definition) is 5. The molecule has 0 bridgehead atoms. The van der Waals surface area contributed by atoms with Crippen LogP contribution in [-0.4, -0.2) is 50.9 Å². The van der Waals surface area contributed by atoms with Crippen LogP contribution in [0.2, 0.25) is 0 Å². The van der Waals surface area contributed by atoms with Gasteiger partial charge < -0.3 is 9.64 Å². The van der Waals surface area contributed by atoms with Crippen LogP contribution in [-0.2, 0) is 16.1 Å². The van der Waals surface area contributed by atoms with Crippen molar-refractivity contribution in [2.45, 2.75) is 64.2 Å². The summed E-state index contributed by atoms with van der Waals surface area (Å²) in [5, 5.41) is 12.6. The van der Waals surface area contributed by atoms with E-state index in [1.54, 1.807) is 0 Å². The molecule has 1 aromatic rings. The molecule has 0 spiro atoms. The molecule has 3 rings (SSSR count). The highest BCUT2D eigenvalue weighted by Gasteiger charge is 2.27. The third kappa shape index (κ3) is 4.32. The fourth-order valence-corrected chi connectivity index (χ4v) is 3.54. The number of piperidine rings is 1. The highest BCUT2D eigenvalue weighted by atomic mass is 16.5. The number of amides is 1. The third-order valence-electron chi connectivity index (χ3n) is 5.08. The average Bonchev–Trinajstić information content (AvgIpc) is 3.05. The summed E-state index contributed by atoms with van der Waals surface area (Å²) in [6.07, 6.45) is 8.81. The fourth-order valence-electron chi connectivity index (χ4n) is 3.54. The molecule has 7 heteroatoms. The quantitative estimate of drug-likeness (QED) is 0.839. The van der Waals surface area contributed by atoms with Crippen molar-refractivity contribution in [3.05, 3.63) is 12.2 Å². The normalized spacial score (nSPS) is 25.4.